The second-order valence-corrected chi connectivity index (χ2v) is 3.49. The Morgan fingerprint density at radius 1 is 1.53 bits per heavy atom. The molecule has 0 aliphatic heterocycles. The number of rotatable bonds is 2. The Balaban J connectivity index is 2.90. The maximum absolute atomic E-state index is 11.9. The molecule has 1 aromatic heterocycles. The van der Waals surface area contributed by atoms with Crippen LogP contribution in [0.25, 0.3) is 10.9 Å². The third-order valence-corrected chi connectivity index (χ3v) is 2.57. The van der Waals surface area contributed by atoms with Gasteiger partial charge in [0.05, 0.1) is 18.0 Å². The zero-order valence-electron chi connectivity index (χ0n) is 9.60. The predicted molar refractivity (Wildman–Crippen MR) is 62.9 cm³/mol. The fraction of sp³-hybridized carbons (Fsp3) is 0.250. The van der Waals surface area contributed by atoms with Crippen molar-refractivity contribution >= 4 is 10.9 Å². The van der Waals surface area contributed by atoms with Crippen LogP contribution in [-0.2, 0) is 6.54 Å². The van der Waals surface area contributed by atoms with Crippen LogP contribution in [0.2, 0.25) is 0 Å². The normalized spacial score (nSPS) is 10.2. The molecule has 1 heterocycles. The largest absolute Gasteiger partial charge is 0.497 e. The summed E-state index contributed by atoms with van der Waals surface area (Å²) in [6, 6.07) is 6.92. The summed E-state index contributed by atoms with van der Waals surface area (Å²) in [6.45, 7) is 2.48. The van der Waals surface area contributed by atoms with E-state index in [1.54, 1.807) is 30.0 Å². The number of fused-ring (bicyclic) bond motifs is 1. The van der Waals surface area contributed by atoms with Crippen LogP contribution < -0.4 is 10.2 Å². The molecule has 0 atom stereocenters. The Kier molecular flexibility index (Phi) is 2.79. The molecule has 0 aliphatic rings. The first kappa shape index (κ1) is 11.1. The summed E-state index contributed by atoms with van der Waals surface area (Å²) in [6.07, 6.45) is 0. The maximum atomic E-state index is 11.9. The van der Waals surface area contributed by atoms with Crippen molar-refractivity contribution in [3.8, 4) is 11.8 Å². The van der Waals surface area contributed by atoms with Gasteiger partial charge in [0.1, 0.15) is 11.8 Å². The molecule has 0 amide bonds. The standard InChI is InChI=1S/C12H11N3O2/c1-3-15-11-6-8(17-2)4-5-9(11)12(16)10(7-13)14-15/h4-6H,3H2,1-2H3. The molecule has 0 fully saturated rings. The highest BCUT2D eigenvalue weighted by molar-refractivity contribution is 5.80. The molecular formula is C12H11N3O2. The Morgan fingerprint density at radius 3 is 2.88 bits per heavy atom. The molecule has 0 unspecified atom stereocenters. The van der Waals surface area contributed by atoms with Crippen LogP contribution in [0.4, 0.5) is 0 Å². The van der Waals surface area contributed by atoms with E-state index in [0.29, 0.717) is 23.2 Å². The van der Waals surface area contributed by atoms with Gasteiger partial charge >= 0.3 is 0 Å². The van der Waals surface area contributed by atoms with Gasteiger partial charge in [0.2, 0.25) is 11.1 Å². The van der Waals surface area contributed by atoms with Crippen LogP contribution in [0.3, 0.4) is 0 Å². The number of aryl methyl sites for hydroxylation is 1. The molecule has 0 saturated carbocycles. The lowest BCUT2D eigenvalue weighted by atomic mass is 10.2. The van der Waals surface area contributed by atoms with Gasteiger partial charge in [-0.15, -0.1) is 0 Å². The van der Waals surface area contributed by atoms with E-state index in [0.717, 1.165) is 0 Å². The average Bonchev–Trinajstić information content (AvgIpc) is 2.39. The first-order chi connectivity index (χ1) is 8.21. The predicted octanol–water partition coefficient (Wildman–Crippen LogP) is 1.30. The summed E-state index contributed by atoms with van der Waals surface area (Å²) < 4.78 is 6.73. The van der Waals surface area contributed by atoms with Crippen molar-refractivity contribution in [2.45, 2.75) is 13.5 Å². The minimum absolute atomic E-state index is 0.0792. The maximum Gasteiger partial charge on any atom is 0.226 e. The van der Waals surface area contributed by atoms with Gasteiger partial charge in [-0.05, 0) is 19.1 Å². The van der Waals surface area contributed by atoms with Gasteiger partial charge in [0.25, 0.3) is 0 Å². The van der Waals surface area contributed by atoms with E-state index in [-0.39, 0.29) is 11.1 Å². The average molecular weight is 229 g/mol. The molecule has 5 heteroatoms. The van der Waals surface area contributed by atoms with Crippen LogP contribution in [0.5, 0.6) is 5.75 Å². The van der Waals surface area contributed by atoms with Gasteiger partial charge in [0.15, 0.2) is 0 Å². The quantitative estimate of drug-likeness (QED) is 0.778. The highest BCUT2D eigenvalue weighted by Crippen LogP contribution is 2.17. The summed E-state index contributed by atoms with van der Waals surface area (Å²) >= 11 is 0. The summed E-state index contributed by atoms with van der Waals surface area (Å²) in [5.41, 5.74) is 0.259. The monoisotopic (exact) mass is 229 g/mol. The van der Waals surface area contributed by atoms with E-state index >= 15 is 0 Å². The summed E-state index contributed by atoms with van der Waals surface area (Å²) in [5.74, 6) is 0.658. The second kappa shape index (κ2) is 4.26. The lowest BCUT2D eigenvalue weighted by Gasteiger charge is -2.08. The number of benzene rings is 1. The molecule has 86 valence electrons. The summed E-state index contributed by atoms with van der Waals surface area (Å²) in [7, 11) is 1.56. The van der Waals surface area contributed by atoms with E-state index in [1.807, 2.05) is 13.0 Å². The number of aromatic nitrogens is 2. The minimum atomic E-state index is -0.338. The fourth-order valence-electron chi connectivity index (χ4n) is 1.71. The Labute approximate surface area is 97.9 Å². The van der Waals surface area contributed by atoms with Gasteiger partial charge in [-0.1, -0.05) is 0 Å². The molecule has 0 aliphatic carbocycles. The smallest absolute Gasteiger partial charge is 0.226 e. The molecule has 17 heavy (non-hydrogen) atoms. The molecule has 0 N–H and O–H groups in total. The van der Waals surface area contributed by atoms with Crippen LogP contribution >= 0.6 is 0 Å². The van der Waals surface area contributed by atoms with E-state index in [1.165, 1.54) is 0 Å². The van der Waals surface area contributed by atoms with Crippen molar-refractivity contribution in [1.29, 1.82) is 5.26 Å². The van der Waals surface area contributed by atoms with Gasteiger partial charge in [-0.25, -0.2) is 0 Å². The van der Waals surface area contributed by atoms with E-state index in [2.05, 4.69) is 5.10 Å². The lowest BCUT2D eigenvalue weighted by Crippen LogP contribution is -2.16. The van der Waals surface area contributed by atoms with Gasteiger partial charge in [-0.2, -0.15) is 10.4 Å². The highest BCUT2D eigenvalue weighted by Gasteiger charge is 2.10. The zero-order chi connectivity index (χ0) is 12.4. The number of nitrogens with zero attached hydrogens (tertiary/aromatic N) is 3. The molecule has 5 nitrogen and oxygen atoms in total. The van der Waals surface area contributed by atoms with Gasteiger partial charge in [-0.3, -0.25) is 9.48 Å². The molecule has 0 saturated heterocycles. The van der Waals surface area contributed by atoms with Crippen molar-refractivity contribution in [3.05, 3.63) is 34.1 Å². The zero-order valence-corrected chi connectivity index (χ0v) is 9.60. The van der Waals surface area contributed by atoms with E-state index in [4.69, 9.17) is 10.00 Å². The highest BCUT2D eigenvalue weighted by atomic mass is 16.5. The van der Waals surface area contributed by atoms with Crippen LogP contribution in [0.15, 0.2) is 23.0 Å². The number of hydrogen-bond donors (Lipinski definition) is 0. The molecular weight excluding hydrogens is 218 g/mol. The van der Waals surface area contributed by atoms with Crippen LogP contribution in [0.1, 0.15) is 12.6 Å². The number of hydrogen-bond acceptors (Lipinski definition) is 4. The Hall–Kier alpha value is -2.35. The first-order valence-corrected chi connectivity index (χ1v) is 5.20. The molecule has 2 rings (SSSR count). The van der Waals surface area contributed by atoms with E-state index < -0.39 is 0 Å². The third-order valence-electron chi connectivity index (χ3n) is 2.57. The topological polar surface area (TPSA) is 67.9 Å². The third kappa shape index (κ3) is 1.74. The second-order valence-electron chi connectivity index (χ2n) is 3.49. The van der Waals surface area contributed by atoms with Crippen molar-refractivity contribution in [1.82, 2.24) is 9.78 Å². The Morgan fingerprint density at radius 2 is 2.29 bits per heavy atom. The molecule has 2 aromatic rings. The number of nitriles is 1. The van der Waals surface area contributed by atoms with Crippen LogP contribution in [0, 0.1) is 11.3 Å². The van der Waals surface area contributed by atoms with Crippen LogP contribution in [-0.4, -0.2) is 16.9 Å². The minimum Gasteiger partial charge on any atom is -0.497 e. The van der Waals surface area contributed by atoms with Crippen molar-refractivity contribution in [3.63, 3.8) is 0 Å². The first-order valence-electron chi connectivity index (χ1n) is 5.20. The summed E-state index contributed by atoms with van der Waals surface area (Å²) in [5, 5.41) is 13.3. The molecule has 1 aromatic carbocycles. The van der Waals surface area contributed by atoms with E-state index in [9.17, 15) is 4.79 Å². The van der Waals surface area contributed by atoms with Gasteiger partial charge in [0, 0.05) is 12.6 Å². The Bertz CT molecular complexity index is 668. The number of ether oxygens (including phenoxy) is 1. The van der Waals surface area contributed by atoms with Crippen molar-refractivity contribution in [2.75, 3.05) is 7.11 Å². The van der Waals surface area contributed by atoms with Gasteiger partial charge < -0.3 is 4.74 Å². The molecule has 0 bridgehead atoms. The van der Waals surface area contributed by atoms with Crippen molar-refractivity contribution < 1.29 is 4.74 Å². The molecule has 0 radical (unpaired) electrons. The SMILES string of the molecule is CCn1nc(C#N)c(=O)c2ccc(OC)cc21. The summed E-state index contributed by atoms with van der Waals surface area (Å²) in [4.78, 5) is 11.9. The molecule has 0 spiro atoms. The fourth-order valence-corrected chi connectivity index (χ4v) is 1.71. The lowest BCUT2D eigenvalue weighted by molar-refractivity contribution is 0.415. The number of methoxy groups -OCH3 is 1. The van der Waals surface area contributed by atoms with Crippen molar-refractivity contribution in [2.24, 2.45) is 0 Å².